The van der Waals surface area contributed by atoms with Crippen molar-refractivity contribution >= 4 is 17.7 Å². The fourth-order valence-electron chi connectivity index (χ4n) is 3.11. The van der Waals surface area contributed by atoms with E-state index in [2.05, 4.69) is 67.9 Å². The molecule has 0 spiro atoms. The SMILES string of the molecule is Cc1ccc(SCCNC(=O)CCc2c(C)nn(CC(C)C)c2C)cc1C. The Bertz CT molecular complexity index is 780. The smallest absolute Gasteiger partial charge is 0.220 e. The fourth-order valence-corrected chi connectivity index (χ4v) is 3.97. The lowest BCUT2D eigenvalue weighted by Crippen LogP contribution is -2.26. The lowest BCUT2D eigenvalue weighted by atomic mass is 10.1. The minimum absolute atomic E-state index is 0.117. The zero-order valence-corrected chi connectivity index (χ0v) is 18.4. The molecule has 1 aromatic heterocycles. The summed E-state index contributed by atoms with van der Waals surface area (Å²) < 4.78 is 2.08. The fraction of sp³-hybridized carbons (Fsp3) is 0.545. The van der Waals surface area contributed by atoms with E-state index in [9.17, 15) is 4.79 Å². The summed E-state index contributed by atoms with van der Waals surface area (Å²) in [7, 11) is 0. The van der Waals surface area contributed by atoms with Crippen molar-refractivity contribution in [3.05, 3.63) is 46.3 Å². The minimum atomic E-state index is 0.117. The van der Waals surface area contributed by atoms with E-state index in [4.69, 9.17) is 0 Å². The van der Waals surface area contributed by atoms with Crippen molar-refractivity contribution in [2.45, 2.75) is 65.8 Å². The number of amides is 1. The largest absolute Gasteiger partial charge is 0.355 e. The van der Waals surface area contributed by atoms with Crippen molar-refractivity contribution in [2.24, 2.45) is 5.92 Å². The molecule has 0 aliphatic rings. The Morgan fingerprint density at radius 2 is 1.93 bits per heavy atom. The second-order valence-corrected chi connectivity index (χ2v) is 8.84. The highest BCUT2D eigenvalue weighted by Crippen LogP contribution is 2.20. The molecule has 0 aliphatic carbocycles. The van der Waals surface area contributed by atoms with E-state index >= 15 is 0 Å². The Kier molecular flexibility index (Phi) is 7.96. The van der Waals surface area contributed by atoms with Gasteiger partial charge in [-0.1, -0.05) is 19.9 Å². The number of hydrogen-bond donors (Lipinski definition) is 1. The number of nitrogens with one attached hydrogen (secondary N) is 1. The van der Waals surface area contributed by atoms with Gasteiger partial charge in [-0.2, -0.15) is 5.10 Å². The second kappa shape index (κ2) is 9.98. The quantitative estimate of drug-likeness (QED) is 0.505. The molecule has 2 aromatic rings. The summed E-state index contributed by atoms with van der Waals surface area (Å²) in [4.78, 5) is 13.4. The molecule has 27 heavy (non-hydrogen) atoms. The number of nitrogens with zero attached hydrogens (tertiary/aromatic N) is 2. The highest BCUT2D eigenvalue weighted by Gasteiger charge is 2.13. The first-order valence-corrected chi connectivity index (χ1v) is 10.8. The molecule has 1 aromatic carbocycles. The highest BCUT2D eigenvalue weighted by molar-refractivity contribution is 7.99. The first-order chi connectivity index (χ1) is 12.8. The summed E-state index contributed by atoms with van der Waals surface area (Å²) in [6, 6.07) is 6.51. The first-order valence-electron chi connectivity index (χ1n) is 9.77. The average molecular weight is 388 g/mol. The summed E-state index contributed by atoms with van der Waals surface area (Å²) in [6.07, 6.45) is 1.27. The molecular formula is C22H33N3OS. The summed E-state index contributed by atoms with van der Waals surface area (Å²) in [5, 5.41) is 7.67. The molecule has 0 atom stereocenters. The van der Waals surface area contributed by atoms with E-state index < -0.39 is 0 Å². The molecule has 0 fully saturated rings. The minimum Gasteiger partial charge on any atom is -0.355 e. The normalized spacial score (nSPS) is 11.2. The van der Waals surface area contributed by atoms with Gasteiger partial charge in [-0.05, 0) is 68.9 Å². The van der Waals surface area contributed by atoms with Crippen LogP contribution in [0, 0.1) is 33.6 Å². The van der Waals surface area contributed by atoms with E-state index in [1.165, 1.54) is 27.3 Å². The molecule has 4 nitrogen and oxygen atoms in total. The van der Waals surface area contributed by atoms with Gasteiger partial charge in [0.2, 0.25) is 5.91 Å². The number of thioether (sulfide) groups is 1. The second-order valence-electron chi connectivity index (χ2n) is 7.67. The topological polar surface area (TPSA) is 46.9 Å². The number of benzene rings is 1. The number of aromatic nitrogens is 2. The van der Waals surface area contributed by atoms with E-state index in [0.717, 1.165) is 24.4 Å². The van der Waals surface area contributed by atoms with Crippen LogP contribution in [-0.2, 0) is 17.8 Å². The number of hydrogen-bond acceptors (Lipinski definition) is 3. The van der Waals surface area contributed by atoms with Crippen LogP contribution in [0.15, 0.2) is 23.1 Å². The number of carbonyl (C=O) groups excluding carboxylic acids is 1. The molecular weight excluding hydrogens is 354 g/mol. The van der Waals surface area contributed by atoms with E-state index in [0.29, 0.717) is 18.9 Å². The Morgan fingerprint density at radius 3 is 2.59 bits per heavy atom. The third-order valence-corrected chi connectivity index (χ3v) is 5.84. The maximum absolute atomic E-state index is 12.2. The predicted molar refractivity (Wildman–Crippen MR) is 115 cm³/mol. The van der Waals surface area contributed by atoms with Crippen LogP contribution < -0.4 is 5.32 Å². The highest BCUT2D eigenvalue weighted by atomic mass is 32.2. The molecule has 0 radical (unpaired) electrons. The van der Waals surface area contributed by atoms with Crippen LogP contribution in [0.3, 0.4) is 0 Å². The van der Waals surface area contributed by atoms with Crippen LogP contribution in [-0.4, -0.2) is 28.0 Å². The van der Waals surface area contributed by atoms with Gasteiger partial charge in [0.05, 0.1) is 5.69 Å². The molecule has 1 heterocycles. The van der Waals surface area contributed by atoms with Crippen molar-refractivity contribution in [1.29, 1.82) is 0 Å². The van der Waals surface area contributed by atoms with Gasteiger partial charge in [-0.25, -0.2) is 0 Å². The molecule has 5 heteroatoms. The maximum atomic E-state index is 12.2. The number of rotatable bonds is 9. The molecule has 1 amide bonds. The molecule has 2 rings (SSSR count). The average Bonchev–Trinajstić information content (AvgIpc) is 2.86. The van der Waals surface area contributed by atoms with Crippen LogP contribution in [0.2, 0.25) is 0 Å². The van der Waals surface area contributed by atoms with Crippen molar-refractivity contribution in [3.63, 3.8) is 0 Å². The van der Waals surface area contributed by atoms with Gasteiger partial charge >= 0.3 is 0 Å². The lowest BCUT2D eigenvalue weighted by Gasteiger charge is -2.08. The molecule has 0 unspecified atom stereocenters. The van der Waals surface area contributed by atoms with Crippen molar-refractivity contribution in [3.8, 4) is 0 Å². The predicted octanol–water partition coefficient (Wildman–Crippen LogP) is 4.61. The van der Waals surface area contributed by atoms with Crippen molar-refractivity contribution < 1.29 is 4.79 Å². The third kappa shape index (κ3) is 6.42. The molecule has 148 valence electrons. The zero-order chi connectivity index (χ0) is 20.0. The lowest BCUT2D eigenvalue weighted by molar-refractivity contribution is -0.120. The van der Waals surface area contributed by atoms with Crippen LogP contribution in [0.25, 0.3) is 0 Å². The standard InChI is InChI=1S/C22H33N3OS/c1-15(2)14-25-19(6)21(18(5)24-25)9-10-22(26)23-11-12-27-20-8-7-16(3)17(4)13-20/h7-8,13,15H,9-12,14H2,1-6H3,(H,23,26). The van der Waals surface area contributed by atoms with Gasteiger partial charge in [-0.15, -0.1) is 11.8 Å². The summed E-state index contributed by atoms with van der Waals surface area (Å²) in [5.74, 6) is 1.57. The molecule has 0 saturated carbocycles. The number of aryl methyl sites for hydroxylation is 3. The van der Waals surface area contributed by atoms with Gasteiger partial charge in [0.25, 0.3) is 0 Å². The van der Waals surface area contributed by atoms with Gasteiger partial charge in [0.15, 0.2) is 0 Å². The third-order valence-electron chi connectivity index (χ3n) is 4.84. The van der Waals surface area contributed by atoms with Crippen LogP contribution in [0.4, 0.5) is 0 Å². The Labute approximate surface area is 168 Å². The maximum Gasteiger partial charge on any atom is 0.220 e. The van der Waals surface area contributed by atoms with Crippen LogP contribution >= 0.6 is 11.8 Å². The summed E-state index contributed by atoms with van der Waals surface area (Å²) in [5.41, 5.74) is 6.09. The molecule has 0 saturated heterocycles. The van der Waals surface area contributed by atoms with Gasteiger partial charge in [0.1, 0.15) is 0 Å². The van der Waals surface area contributed by atoms with Crippen molar-refractivity contribution in [1.82, 2.24) is 15.1 Å². The molecule has 1 N–H and O–H groups in total. The molecule has 0 aliphatic heterocycles. The Morgan fingerprint density at radius 1 is 1.19 bits per heavy atom. The van der Waals surface area contributed by atoms with Crippen LogP contribution in [0.1, 0.15) is 48.3 Å². The van der Waals surface area contributed by atoms with Gasteiger partial charge < -0.3 is 5.32 Å². The van der Waals surface area contributed by atoms with E-state index in [1.54, 1.807) is 11.8 Å². The van der Waals surface area contributed by atoms with Gasteiger partial charge in [-0.3, -0.25) is 9.48 Å². The summed E-state index contributed by atoms with van der Waals surface area (Å²) >= 11 is 1.79. The Balaban J connectivity index is 1.75. The molecule has 0 bridgehead atoms. The van der Waals surface area contributed by atoms with E-state index in [-0.39, 0.29) is 5.91 Å². The van der Waals surface area contributed by atoms with Crippen LogP contribution in [0.5, 0.6) is 0 Å². The van der Waals surface area contributed by atoms with Crippen molar-refractivity contribution in [2.75, 3.05) is 12.3 Å². The van der Waals surface area contributed by atoms with Gasteiger partial charge in [0, 0.05) is 35.9 Å². The zero-order valence-electron chi connectivity index (χ0n) is 17.6. The van der Waals surface area contributed by atoms with E-state index in [1.807, 2.05) is 6.92 Å². The number of carbonyl (C=O) groups is 1. The Hall–Kier alpha value is -1.75. The monoisotopic (exact) mass is 387 g/mol. The first kappa shape index (κ1) is 21.5. The summed E-state index contributed by atoms with van der Waals surface area (Å²) in [6.45, 7) is 14.4.